The summed E-state index contributed by atoms with van der Waals surface area (Å²) in [4.78, 5) is 12.2. The lowest BCUT2D eigenvalue weighted by Gasteiger charge is -2.12. The fraction of sp³-hybridized carbons (Fsp3) is 0.357. The van der Waals surface area contributed by atoms with Gasteiger partial charge in [0.1, 0.15) is 5.82 Å². The van der Waals surface area contributed by atoms with Crippen LogP contribution in [-0.4, -0.2) is 30.0 Å². The molecule has 0 radical (unpaired) electrons. The minimum absolute atomic E-state index is 0.163. The van der Waals surface area contributed by atoms with E-state index in [0.717, 1.165) is 17.9 Å². The Bertz CT molecular complexity index is 530. The Balaban J connectivity index is 2.20. The van der Waals surface area contributed by atoms with Crippen molar-refractivity contribution in [3.05, 3.63) is 35.1 Å². The monoisotopic (exact) mass is 278 g/mol. The third-order valence-electron chi connectivity index (χ3n) is 2.82. The first-order valence-corrected chi connectivity index (χ1v) is 7.23. The third-order valence-corrected chi connectivity index (χ3v) is 3.98. The number of nitrogens with two attached hydrogens (primary N) is 1. The van der Waals surface area contributed by atoms with Crippen molar-refractivity contribution in [3.63, 3.8) is 0 Å². The molecule has 5 heteroatoms. The molecule has 3 nitrogen and oxygen atoms in total. The van der Waals surface area contributed by atoms with E-state index in [1.165, 1.54) is 18.2 Å². The van der Waals surface area contributed by atoms with Gasteiger partial charge in [-0.3, -0.25) is 4.79 Å². The van der Waals surface area contributed by atoms with Crippen molar-refractivity contribution < 1.29 is 9.18 Å². The minimum atomic E-state index is -0.441. The van der Waals surface area contributed by atoms with Crippen molar-refractivity contribution in [1.29, 1.82) is 0 Å². The molecule has 1 aliphatic heterocycles. The molecule has 100 valence electrons. The van der Waals surface area contributed by atoms with Gasteiger partial charge in [-0.15, -0.1) is 0 Å². The number of hydrogen-bond donors (Lipinski definition) is 2. The molecule has 0 aromatic heterocycles. The summed E-state index contributed by atoms with van der Waals surface area (Å²) in [6.07, 6.45) is 0.954. The van der Waals surface area contributed by atoms with Gasteiger partial charge in [-0.05, 0) is 30.4 Å². The normalized spacial score (nSPS) is 17.7. The maximum atomic E-state index is 13.3. The Kier molecular flexibility index (Phi) is 4.83. The zero-order valence-corrected chi connectivity index (χ0v) is 11.2. The highest BCUT2D eigenvalue weighted by molar-refractivity contribution is 7.99. The summed E-state index contributed by atoms with van der Waals surface area (Å²) in [5.41, 5.74) is 6.10. The van der Waals surface area contributed by atoms with Gasteiger partial charge in [0.25, 0.3) is 5.91 Å². The second kappa shape index (κ2) is 6.60. The van der Waals surface area contributed by atoms with E-state index < -0.39 is 5.82 Å². The Morgan fingerprint density at radius 2 is 2.42 bits per heavy atom. The van der Waals surface area contributed by atoms with Crippen LogP contribution in [0.5, 0.6) is 0 Å². The molecule has 0 spiro atoms. The van der Waals surface area contributed by atoms with Gasteiger partial charge in [0.15, 0.2) is 0 Å². The van der Waals surface area contributed by atoms with Gasteiger partial charge < -0.3 is 11.1 Å². The molecule has 1 amide bonds. The van der Waals surface area contributed by atoms with Gasteiger partial charge in [-0.25, -0.2) is 4.39 Å². The molecule has 1 unspecified atom stereocenters. The van der Waals surface area contributed by atoms with Gasteiger partial charge >= 0.3 is 0 Å². The highest BCUT2D eigenvalue weighted by Gasteiger charge is 2.20. The zero-order valence-electron chi connectivity index (χ0n) is 10.4. The number of carbonyl (C=O) groups is 1. The molecular weight excluding hydrogens is 263 g/mol. The smallest absolute Gasteiger partial charge is 0.252 e. The summed E-state index contributed by atoms with van der Waals surface area (Å²) in [5, 5.41) is 2.91. The van der Waals surface area contributed by atoms with E-state index in [2.05, 4.69) is 17.2 Å². The molecule has 0 saturated carbocycles. The number of amides is 1. The second-order valence-electron chi connectivity index (χ2n) is 4.23. The Labute approximate surface area is 116 Å². The van der Waals surface area contributed by atoms with Crippen molar-refractivity contribution >= 4 is 17.7 Å². The van der Waals surface area contributed by atoms with E-state index in [9.17, 15) is 9.18 Å². The Morgan fingerprint density at radius 3 is 3.11 bits per heavy atom. The molecule has 1 atom stereocenters. The fourth-order valence-electron chi connectivity index (χ4n) is 1.87. The summed E-state index contributed by atoms with van der Waals surface area (Å²) in [6, 6.07) is 4.19. The lowest BCUT2D eigenvalue weighted by molar-refractivity contribution is 0.0940. The third kappa shape index (κ3) is 3.72. The van der Waals surface area contributed by atoms with Gasteiger partial charge in [-0.2, -0.15) is 11.8 Å². The molecule has 0 aliphatic carbocycles. The van der Waals surface area contributed by atoms with Crippen molar-refractivity contribution in [2.24, 2.45) is 5.73 Å². The highest BCUT2D eigenvalue weighted by atomic mass is 32.2. The van der Waals surface area contributed by atoms with Gasteiger partial charge in [0, 0.05) is 17.4 Å². The number of rotatable bonds is 2. The quantitative estimate of drug-likeness (QED) is 0.803. The number of carbonyl (C=O) groups excluding carboxylic acids is 1. The van der Waals surface area contributed by atoms with Crippen LogP contribution >= 0.6 is 11.8 Å². The van der Waals surface area contributed by atoms with Crippen LogP contribution in [-0.2, 0) is 0 Å². The Morgan fingerprint density at radius 1 is 1.58 bits per heavy atom. The molecule has 3 N–H and O–H groups in total. The summed E-state index contributed by atoms with van der Waals surface area (Å²) in [7, 11) is 0. The standard InChI is InChI=1S/C14H15FN2OS/c15-11-4-3-10(2-1-6-16)13(8-11)14(18)17-12-5-7-19-9-12/h3-4,8,12H,5-7,9,16H2,(H,17,18). The first-order valence-electron chi connectivity index (χ1n) is 6.08. The summed E-state index contributed by atoms with van der Waals surface area (Å²) >= 11 is 1.81. The number of nitrogens with one attached hydrogen (secondary N) is 1. The Hall–Kier alpha value is -1.51. The van der Waals surface area contributed by atoms with Crippen molar-refractivity contribution in [2.45, 2.75) is 12.5 Å². The van der Waals surface area contributed by atoms with Crippen LogP contribution in [0, 0.1) is 17.7 Å². The average molecular weight is 278 g/mol. The van der Waals surface area contributed by atoms with E-state index in [0.29, 0.717) is 5.56 Å². The van der Waals surface area contributed by atoms with Crippen LogP contribution < -0.4 is 11.1 Å². The maximum absolute atomic E-state index is 13.3. The molecule has 1 aromatic rings. The van der Waals surface area contributed by atoms with Crippen LogP contribution in [0.4, 0.5) is 4.39 Å². The summed E-state index contributed by atoms with van der Waals surface area (Å²) in [6.45, 7) is 0.206. The van der Waals surface area contributed by atoms with E-state index in [4.69, 9.17) is 5.73 Å². The molecule has 1 aliphatic rings. The van der Waals surface area contributed by atoms with Crippen LogP contribution in [0.2, 0.25) is 0 Å². The van der Waals surface area contributed by atoms with E-state index in [1.807, 2.05) is 11.8 Å². The highest BCUT2D eigenvalue weighted by Crippen LogP contribution is 2.18. The largest absolute Gasteiger partial charge is 0.348 e. The van der Waals surface area contributed by atoms with Crippen molar-refractivity contribution in [1.82, 2.24) is 5.32 Å². The van der Waals surface area contributed by atoms with Crippen molar-refractivity contribution in [3.8, 4) is 11.8 Å². The second-order valence-corrected chi connectivity index (χ2v) is 5.38. The maximum Gasteiger partial charge on any atom is 0.252 e. The lowest BCUT2D eigenvalue weighted by Crippen LogP contribution is -2.35. The molecule has 1 aromatic carbocycles. The fourth-order valence-corrected chi connectivity index (χ4v) is 3.02. The molecule has 0 bridgehead atoms. The SMILES string of the molecule is NCC#Cc1ccc(F)cc1C(=O)NC1CCSC1. The van der Waals surface area contributed by atoms with Crippen LogP contribution in [0.15, 0.2) is 18.2 Å². The van der Waals surface area contributed by atoms with E-state index in [1.54, 1.807) is 0 Å². The summed E-state index contributed by atoms with van der Waals surface area (Å²) < 4.78 is 13.3. The number of hydrogen-bond acceptors (Lipinski definition) is 3. The minimum Gasteiger partial charge on any atom is -0.348 e. The van der Waals surface area contributed by atoms with Crippen LogP contribution in [0.25, 0.3) is 0 Å². The lowest BCUT2D eigenvalue weighted by atomic mass is 10.1. The molecule has 2 rings (SSSR count). The molecule has 1 heterocycles. The predicted octanol–water partition coefficient (Wildman–Crippen LogP) is 1.37. The van der Waals surface area contributed by atoms with Gasteiger partial charge in [0.2, 0.25) is 0 Å². The molecule has 19 heavy (non-hydrogen) atoms. The molecular formula is C14H15FN2OS. The zero-order chi connectivity index (χ0) is 13.7. The first kappa shape index (κ1) is 13.9. The van der Waals surface area contributed by atoms with Crippen LogP contribution in [0.3, 0.4) is 0 Å². The van der Waals surface area contributed by atoms with Crippen molar-refractivity contribution in [2.75, 3.05) is 18.1 Å². The van der Waals surface area contributed by atoms with E-state index in [-0.39, 0.29) is 24.1 Å². The van der Waals surface area contributed by atoms with Crippen LogP contribution in [0.1, 0.15) is 22.3 Å². The van der Waals surface area contributed by atoms with E-state index >= 15 is 0 Å². The summed E-state index contributed by atoms with van der Waals surface area (Å²) in [5.74, 6) is 6.73. The molecule has 1 fully saturated rings. The number of benzene rings is 1. The number of thioether (sulfide) groups is 1. The predicted molar refractivity (Wildman–Crippen MR) is 75.5 cm³/mol. The first-order chi connectivity index (χ1) is 9.20. The number of halogens is 1. The molecule has 1 saturated heterocycles. The van der Waals surface area contributed by atoms with Gasteiger partial charge in [-0.1, -0.05) is 11.8 Å². The van der Waals surface area contributed by atoms with Gasteiger partial charge in [0.05, 0.1) is 12.1 Å². The topological polar surface area (TPSA) is 55.1 Å². The average Bonchev–Trinajstić information content (AvgIpc) is 2.90.